The SMILES string of the molecule is Cc1c(C(=O)Nc2nc(-c3c[nH]c4ncccc34)cs2)ccc2cncn12. The van der Waals surface area contributed by atoms with Crippen molar-refractivity contribution in [2.75, 3.05) is 5.32 Å². The van der Waals surface area contributed by atoms with Crippen LogP contribution in [0.25, 0.3) is 27.8 Å². The van der Waals surface area contributed by atoms with Crippen LogP contribution in [0.2, 0.25) is 0 Å². The van der Waals surface area contributed by atoms with E-state index in [2.05, 4.69) is 25.3 Å². The van der Waals surface area contributed by atoms with Crippen molar-refractivity contribution >= 4 is 38.9 Å². The molecule has 7 nitrogen and oxygen atoms in total. The van der Waals surface area contributed by atoms with Gasteiger partial charge in [0.25, 0.3) is 5.91 Å². The Bertz CT molecular complexity index is 1300. The zero-order chi connectivity index (χ0) is 18.4. The van der Waals surface area contributed by atoms with Crippen LogP contribution >= 0.6 is 11.3 Å². The van der Waals surface area contributed by atoms with Crippen molar-refractivity contribution in [3.8, 4) is 11.3 Å². The van der Waals surface area contributed by atoms with Gasteiger partial charge in [0.15, 0.2) is 5.13 Å². The lowest BCUT2D eigenvalue weighted by atomic mass is 10.2. The number of pyridine rings is 2. The molecule has 0 atom stereocenters. The van der Waals surface area contributed by atoms with Crippen molar-refractivity contribution in [1.82, 2.24) is 24.3 Å². The number of aromatic nitrogens is 5. The third-order valence-electron chi connectivity index (χ3n) is 4.54. The van der Waals surface area contributed by atoms with Crippen LogP contribution in [0, 0.1) is 6.92 Å². The standard InChI is InChI=1S/C19H14N6OS/c1-11-13(5-4-12-7-20-10-25(11)12)18(26)24-19-23-16(9-27-19)15-8-22-17-14(15)3-2-6-21-17/h2-10H,1H3,(H,21,22)(H,23,24,26). The van der Waals surface area contributed by atoms with Crippen molar-refractivity contribution in [1.29, 1.82) is 0 Å². The second-order valence-electron chi connectivity index (χ2n) is 6.11. The van der Waals surface area contributed by atoms with E-state index in [1.807, 2.05) is 47.2 Å². The van der Waals surface area contributed by atoms with Gasteiger partial charge in [0, 0.05) is 34.4 Å². The normalized spacial score (nSPS) is 11.3. The Kier molecular flexibility index (Phi) is 3.51. The van der Waals surface area contributed by atoms with Crippen LogP contribution in [-0.4, -0.2) is 30.2 Å². The molecular formula is C19H14N6OS. The Morgan fingerprint density at radius 2 is 2.22 bits per heavy atom. The molecule has 2 N–H and O–H groups in total. The smallest absolute Gasteiger partial charge is 0.259 e. The van der Waals surface area contributed by atoms with Gasteiger partial charge in [0.2, 0.25) is 0 Å². The van der Waals surface area contributed by atoms with Gasteiger partial charge in [0.1, 0.15) is 5.65 Å². The molecule has 1 amide bonds. The number of aromatic amines is 1. The number of fused-ring (bicyclic) bond motifs is 2. The van der Waals surface area contributed by atoms with Crippen LogP contribution in [0.1, 0.15) is 16.1 Å². The summed E-state index contributed by atoms with van der Waals surface area (Å²) in [6, 6.07) is 7.57. The minimum absolute atomic E-state index is 0.190. The molecule has 8 heteroatoms. The number of amides is 1. The number of anilines is 1. The maximum absolute atomic E-state index is 12.7. The molecule has 0 unspecified atom stereocenters. The van der Waals surface area contributed by atoms with E-state index < -0.39 is 0 Å². The average Bonchev–Trinajstić information content (AvgIpc) is 3.40. The van der Waals surface area contributed by atoms with Gasteiger partial charge in [0.05, 0.1) is 29.3 Å². The molecule has 0 fully saturated rings. The zero-order valence-electron chi connectivity index (χ0n) is 14.3. The molecule has 0 aliphatic heterocycles. The monoisotopic (exact) mass is 374 g/mol. The van der Waals surface area contributed by atoms with Crippen molar-refractivity contribution in [3.05, 3.63) is 65.8 Å². The van der Waals surface area contributed by atoms with Crippen LogP contribution in [0.3, 0.4) is 0 Å². The summed E-state index contributed by atoms with van der Waals surface area (Å²) in [5, 5.41) is 6.38. The number of nitrogens with one attached hydrogen (secondary N) is 2. The predicted octanol–water partition coefficient (Wildman–Crippen LogP) is 3.89. The molecule has 0 spiro atoms. The first-order chi connectivity index (χ1) is 13.2. The van der Waals surface area contributed by atoms with Gasteiger partial charge in [-0.3, -0.25) is 10.1 Å². The topological polar surface area (TPSA) is 88.0 Å². The van der Waals surface area contributed by atoms with E-state index in [-0.39, 0.29) is 5.91 Å². The highest BCUT2D eigenvalue weighted by Crippen LogP contribution is 2.30. The third kappa shape index (κ3) is 2.58. The molecule has 0 saturated carbocycles. The summed E-state index contributed by atoms with van der Waals surface area (Å²) in [5.41, 5.74) is 4.96. The molecule has 27 heavy (non-hydrogen) atoms. The maximum Gasteiger partial charge on any atom is 0.259 e. The molecule has 0 bridgehead atoms. The summed E-state index contributed by atoms with van der Waals surface area (Å²) < 4.78 is 1.89. The molecule has 0 radical (unpaired) electrons. The van der Waals surface area contributed by atoms with Gasteiger partial charge in [-0.2, -0.15) is 0 Å². The molecule has 0 saturated heterocycles. The van der Waals surface area contributed by atoms with Gasteiger partial charge in [-0.1, -0.05) is 0 Å². The lowest BCUT2D eigenvalue weighted by Gasteiger charge is -2.07. The number of rotatable bonds is 3. The first kappa shape index (κ1) is 15.7. The first-order valence-electron chi connectivity index (χ1n) is 8.32. The molecule has 0 aliphatic carbocycles. The average molecular weight is 374 g/mol. The van der Waals surface area contributed by atoms with Crippen LogP contribution in [-0.2, 0) is 0 Å². The summed E-state index contributed by atoms with van der Waals surface area (Å²) in [6.45, 7) is 1.90. The third-order valence-corrected chi connectivity index (χ3v) is 5.29. The largest absolute Gasteiger partial charge is 0.345 e. The van der Waals surface area contributed by atoms with Gasteiger partial charge in [-0.05, 0) is 31.2 Å². The van der Waals surface area contributed by atoms with Gasteiger partial charge < -0.3 is 9.38 Å². The van der Waals surface area contributed by atoms with Crippen molar-refractivity contribution in [2.24, 2.45) is 0 Å². The Morgan fingerprint density at radius 1 is 1.30 bits per heavy atom. The Hall–Kier alpha value is -3.52. The fourth-order valence-corrected chi connectivity index (χ4v) is 3.86. The molecule has 5 aromatic rings. The molecule has 0 aromatic carbocycles. The number of aryl methyl sites for hydroxylation is 1. The lowest BCUT2D eigenvalue weighted by molar-refractivity contribution is 0.102. The fraction of sp³-hybridized carbons (Fsp3) is 0.0526. The number of hydrogen-bond donors (Lipinski definition) is 2. The summed E-state index contributed by atoms with van der Waals surface area (Å²) in [6.07, 6.45) is 7.09. The highest BCUT2D eigenvalue weighted by atomic mass is 32.1. The lowest BCUT2D eigenvalue weighted by Crippen LogP contribution is -2.14. The summed E-state index contributed by atoms with van der Waals surface area (Å²) in [5.74, 6) is -0.190. The molecule has 0 aliphatic rings. The summed E-state index contributed by atoms with van der Waals surface area (Å²) in [4.78, 5) is 28.8. The van der Waals surface area contributed by atoms with Gasteiger partial charge in [-0.15, -0.1) is 11.3 Å². The Labute approximate surface area is 157 Å². The van der Waals surface area contributed by atoms with Gasteiger partial charge >= 0.3 is 0 Å². The highest BCUT2D eigenvalue weighted by Gasteiger charge is 2.15. The van der Waals surface area contributed by atoms with Crippen LogP contribution in [0.5, 0.6) is 0 Å². The number of carbonyl (C=O) groups is 1. The van der Waals surface area contributed by atoms with E-state index in [9.17, 15) is 4.79 Å². The van der Waals surface area contributed by atoms with E-state index in [0.717, 1.165) is 33.5 Å². The predicted molar refractivity (Wildman–Crippen MR) is 105 cm³/mol. The van der Waals surface area contributed by atoms with Crippen LogP contribution in [0.4, 0.5) is 5.13 Å². The number of thiazole rings is 1. The number of imidazole rings is 1. The van der Waals surface area contributed by atoms with Crippen molar-refractivity contribution < 1.29 is 4.79 Å². The van der Waals surface area contributed by atoms with Crippen molar-refractivity contribution in [3.63, 3.8) is 0 Å². The van der Waals surface area contributed by atoms with E-state index >= 15 is 0 Å². The van der Waals surface area contributed by atoms with E-state index in [0.29, 0.717) is 10.7 Å². The van der Waals surface area contributed by atoms with E-state index in [1.165, 1.54) is 11.3 Å². The maximum atomic E-state index is 12.7. The Morgan fingerprint density at radius 3 is 3.15 bits per heavy atom. The number of nitrogens with zero attached hydrogens (tertiary/aromatic N) is 4. The quantitative estimate of drug-likeness (QED) is 0.501. The molecule has 5 rings (SSSR count). The summed E-state index contributed by atoms with van der Waals surface area (Å²) in [7, 11) is 0. The number of H-pyrrole nitrogens is 1. The minimum Gasteiger partial charge on any atom is -0.345 e. The van der Waals surface area contributed by atoms with E-state index in [4.69, 9.17) is 0 Å². The number of hydrogen-bond acceptors (Lipinski definition) is 5. The van der Waals surface area contributed by atoms with Crippen molar-refractivity contribution in [2.45, 2.75) is 6.92 Å². The van der Waals surface area contributed by atoms with Crippen LogP contribution in [0.15, 0.2) is 54.6 Å². The summed E-state index contributed by atoms with van der Waals surface area (Å²) >= 11 is 1.39. The molecule has 5 aromatic heterocycles. The number of carbonyl (C=O) groups excluding carboxylic acids is 1. The zero-order valence-corrected chi connectivity index (χ0v) is 15.1. The second-order valence-corrected chi connectivity index (χ2v) is 6.97. The van der Waals surface area contributed by atoms with Crippen LogP contribution < -0.4 is 5.32 Å². The fourth-order valence-electron chi connectivity index (χ4n) is 3.16. The van der Waals surface area contributed by atoms with Gasteiger partial charge in [-0.25, -0.2) is 15.0 Å². The molecular weight excluding hydrogens is 360 g/mol. The molecule has 132 valence electrons. The second kappa shape index (κ2) is 6.03. The molecule has 5 heterocycles. The minimum atomic E-state index is -0.190. The first-order valence-corrected chi connectivity index (χ1v) is 9.20. The van der Waals surface area contributed by atoms with E-state index in [1.54, 1.807) is 18.7 Å². The Balaban J connectivity index is 1.44. The highest BCUT2D eigenvalue weighted by molar-refractivity contribution is 7.14.